The maximum Gasteiger partial charge on any atom is 0.0998 e. The second-order valence-corrected chi connectivity index (χ2v) is 4.89. The molecule has 2 aromatic carbocycles. The van der Waals surface area contributed by atoms with Crippen LogP contribution in [-0.2, 0) is 0 Å². The lowest BCUT2D eigenvalue weighted by atomic mass is 9.89. The highest BCUT2D eigenvalue weighted by molar-refractivity contribution is 6.01. The molecule has 2 heteroatoms. The van der Waals surface area contributed by atoms with Crippen molar-refractivity contribution >= 4 is 11.4 Å². The van der Waals surface area contributed by atoms with E-state index in [9.17, 15) is 5.26 Å². The predicted octanol–water partition coefficient (Wildman–Crippen LogP) is 3.79. The Morgan fingerprint density at radius 1 is 1.00 bits per heavy atom. The van der Waals surface area contributed by atoms with Crippen LogP contribution in [0.5, 0.6) is 0 Å². The Hall–Kier alpha value is -2.53. The summed E-state index contributed by atoms with van der Waals surface area (Å²) in [6, 6.07) is 16.7. The molecule has 0 amide bonds. The highest BCUT2D eigenvalue weighted by Crippen LogP contribution is 2.47. The second kappa shape index (κ2) is 3.73. The molecular formula is C17H12N2. The lowest BCUT2D eigenvalue weighted by Crippen LogP contribution is -2.22. The Morgan fingerprint density at radius 2 is 1.84 bits per heavy atom. The van der Waals surface area contributed by atoms with Crippen molar-refractivity contribution in [3.05, 3.63) is 59.7 Å². The summed E-state index contributed by atoms with van der Waals surface area (Å²) in [5.41, 5.74) is 6.73. The summed E-state index contributed by atoms with van der Waals surface area (Å²) < 4.78 is 0. The molecule has 0 aromatic heterocycles. The molecule has 0 radical (unpaired) electrons. The van der Waals surface area contributed by atoms with Gasteiger partial charge in [0.15, 0.2) is 0 Å². The molecule has 2 aromatic rings. The third-order valence-electron chi connectivity index (χ3n) is 3.91. The van der Waals surface area contributed by atoms with Crippen molar-refractivity contribution in [2.45, 2.75) is 6.42 Å². The average molecular weight is 244 g/mol. The molecule has 90 valence electrons. The minimum absolute atomic E-state index is 0.760. The van der Waals surface area contributed by atoms with Crippen molar-refractivity contribution in [1.29, 1.82) is 5.26 Å². The van der Waals surface area contributed by atoms with Gasteiger partial charge in [0.1, 0.15) is 0 Å². The number of hydrogen-bond donors (Lipinski definition) is 0. The lowest BCUT2D eigenvalue weighted by Gasteiger charge is -2.32. The third kappa shape index (κ3) is 1.30. The van der Waals surface area contributed by atoms with E-state index in [1.165, 1.54) is 22.5 Å². The summed E-state index contributed by atoms with van der Waals surface area (Å²) >= 11 is 0. The fourth-order valence-corrected chi connectivity index (χ4v) is 3.13. The summed E-state index contributed by atoms with van der Waals surface area (Å²) in [6.45, 7) is 1.01. The molecule has 0 atom stereocenters. The SMILES string of the molecule is N#Cc1cccc2c1-c1ccccc1C1=CCCN12. The van der Waals surface area contributed by atoms with Gasteiger partial charge in [-0.25, -0.2) is 0 Å². The summed E-state index contributed by atoms with van der Waals surface area (Å²) in [6.07, 6.45) is 3.36. The molecule has 0 N–H and O–H groups in total. The quantitative estimate of drug-likeness (QED) is 0.705. The first-order valence-corrected chi connectivity index (χ1v) is 6.51. The number of nitrogens with zero attached hydrogens (tertiary/aromatic N) is 2. The van der Waals surface area contributed by atoms with E-state index in [0.29, 0.717) is 0 Å². The van der Waals surface area contributed by atoms with Gasteiger partial charge in [0.05, 0.1) is 17.3 Å². The molecule has 2 aliphatic heterocycles. The van der Waals surface area contributed by atoms with Crippen LogP contribution in [-0.4, -0.2) is 6.54 Å². The Morgan fingerprint density at radius 3 is 2.68 bits per heavy atom. The number of hydrogen-bond acceptors (Lipinski definition) is 2. The predicted molar refractivity (Wildman–Crippen MR) is 76.5 cm³/mol. The standard InChI is InChI=1S/C17H12N2/c18-11-12-5-3-8-16-17(12)14-7-2-1-6-13(14)15-9-4-10-19(15)16/h1-3,5-9H,4,10H2. The topological polar surface area (TPSA) is 27.0 Å². The molecule has 0 aliphatic carbocycles. The van der Waals surface area contributed by atoms with E-state index < -0.39 is 0 Å². The number of benzene rings is 2. The molecule has 2 heterocycles. The van der Waals surface area contributed by atoms with Gasteiger partial charge in [-0.15, -0.1) is 0 Å². The fraction of sp³-hybridized carbons (Fsp3) is 0.118. The minimum atomic E-state index is 0.760. The van der Waals surface area contributed by atoms with E-state index in [1.54, 1.807) is 0 Å². The van der Waals surface area contributed by atoms with Crippen molar-refractivity contribution in [2.24, 2.45) is 0 Å². The molecule has 0 fully saturated rings. The second-order valence-electron chi connectivity index (χ2n) is 4.89. The highest BCUT2D eigenvalue weighted by atomic mass is 15.2. The molecule has 0 unspecified atom stereocenters. The number of fused-ring (bicyclic) bond motifs is 6. The fourth-order valence-electron chi connectivity index (χ4n) is 3.13. The molecule has 0 saturated heterocycles. The van der Waals surface area contributed by atoms with Gasteiger partial charge < -0.3 is 4.90 Å². The molecule has 0 spiro atoms. The molecule has 19 heavy (non-hydrogen) atoms. The molecular weight excluding hydrogens is 232 g/mol. The van der Waals surface area contributed by atoms with Gasteiger partial charge in [0.2, 0.25) is 0 Å². The zero-order valence-corrected chi connectivity index (χ0v) is 10.4. The van der Waals surface area contributed by atoms with Crippen LogP contribution in [0, 0.1) is 11.3 Å². The van der Waals surface area contributed by atoms with Gasteiger partial charge in [-0.05, 0) is 24.1 Å². The molecule has 2 nitrogen and oxygen atoms in total. The minimum Gasteiger partial charge on any atom is -0.340 e. The van der Waals surface area contributed by atoms with E-state index in [-0.39, 0.29) is 0 Å². The monoisotopic (exact) mass is 244 g/mol. The lowest BCUT2D eigenvalue weighted by molar-refractivity contribution is 1.00. The van der Waals surface area contributed by atoms with Crippen LogP contribution < -0.4 is 4.90 Å². The first kappa shape index (κ1) is 10.4. The zero-order valence-electron chi connectivity index (χ0n) is 10.4. The summed E-state index contributed by atoms with van der Waals surface area (Å²) in [5.74, 6) is 0. The summed E-state index contributed by atoms with van der Waals surface area (Å²) in [7, 11) is 0. The number of rotatable bonds is 0. The first-order valence-electron chi connectivity index (χ1n) is 6.51. The third-order valence-corrected chi connectivity index (χ3v) is 3.91. The van der Waals surface area contributed by atoms with Gasteiger partial charge >= 0.3 is 0 Å². The number of anilines is 1. The smallest absolute Gasteiger partial charge is 0.0998 e. The Kier molecular flexibility index (Phi) is 2.04. The zero-order chi connectivity index (χ0) is 12.8. The normalized spacial score (nSPS) is 15.1. The van der Waals surface area contributed by atoms with Crippen molar-refractivity contribution in [2.75, 3.05) is 11.4 Å². The van der Waals surface area contributed by atoms with Crippen LogP contribution in [0.1, 0.15) is 17.5 Å². The highest BCUT2D eigenvalue weighted by Gasteiger charge is 2.29. The van der Waals surface area contributed by atoms with Crippen molar-refractivity contribution in [3.63, 3.8) is 0 Å². The van der Waals surface area contributed by atoms with Crippen LogP contribution in [0.2, 0.25) is 0 Å². The van der Waals surface area contributed by atoms with E-state index in [0.717, 1.165) is 24.1 Å². The van der Waals surface area contributed by atoms with Crippen LogP contribution in [0.25, 0.3) is 16.8 Å². The molecule has 0 bridgehead atoms. The van der Waals surface area contributed by atoms with Crippen molar-refractivity contribution in [3.8, 4) is 17.2 Å². The van der Waals surface area contributed by atoms with Gasteiger partial charge in [-0.3, -0.25) is 0 Å². The van der Waals surface area contributed by atoms with Gasteiger partial charge in [0, 0.05) is 23.4 Å². The first-order chi connectivity index (χ1) is 9.40. The number of nitriles is 1. The van der Waals surface area contributed by atoms with Crippen molar-refractivity contribution < 1.29 is 0 Å². The maximum atomic E-state index is 9.38. The largest absolute Gasteiger partial charge is 0.340 e. The summed E-state index contributed by atoms with van der Waals surface area (Å²) in [5, 5.41) is 9.38. The maximum absolute atomic E-state index is 9.38. The summed E-state index contributed by atoms with van der Waals surface area (Å²) in [4.78, 5) is 2.33. The Labute approximate surface area is 112 Å². The van der Waals surface area contributed by atoms with Crippen LogP contribution in [0.3, 0.4) is 0 Å². The van der Waals surface area contributed by atoms with Crippen molar-refractivity contribution in [1.82, 2.24) is 0 Å². The average Bonchev–Trinajstić information content (AvgIpc) is 2.96. The van der Waals surface area contributed by atoms with E-state index in [2.05, 4.69) is 41.3 Å². The van der Waals surface area contributed by atoms with E-state index in [1.807, 2.05) is 18.2 Å². The van der Waals surface area contributed by atoms with E-state index >= 15 is 0 Å². The molecule has 4 rings (SSSR count). The van der Waals surface area contributed by atoms with Gasteiger partial charge in [-0.1, -0.05) is 36.4 Å². The van der Waals surface area contributed by atoms with Crippen LogP contribution >= 0.6 is 0 Å². The van der Waals surface area contributed by atoms with Crippen LogP contribution in [0.4, 0.5) is 5.69 Å². The Balaban J connectivity index is 2.13. The van der Waals surface area contributed by atoms with Gasteiger partial charge in [0.25, 0.3) is 0 Å². The molecule has 2 aliphatic rings. The van der Waals surface area contributed by atoms with Gasteiger partial charge in [-0.2, -0.15) is 5.26 Å². The Bertz CT molecular complexity index is 750. The van der Waals surface area contributed by atoms with Crippen LogP contribution in [0.15, 0.2) is 48.5 Å². The van der Waals surface area contributed by atoms with E-state index in [4.69, 9.17) is 0 Å². The molecule has 0 saturated carbocycles.